The van der Waals surface area contributed by atoms with E-state index in [1.54, 1.807) is 0 Å². The van der Waals surface area contributed by atoms with Crippen LogP contribution in [0.1, 0.15) is 25.8 Å². The number of nitrogens with zero attached hydrogens (tertiary/aromatic N) is 1. The highest BCUT2D eigenvalue weighted by atomic mass is 35.5. The Bertz CT molecular complexity index is 753. The fraction of sp³-hybridized carbons (Fsp3) is 0.588. The van der Waals surface area contributed by atoms with Gasteiger partial charge in [0, 0.05) is 18.8 Å². The van der Waals surface area contributed by atoms with Crippen LogP contribution in [0.5, 0.6) is 11.5 Å². The lowest BCUT2D eigenvalue weighted by Crippen LogP contribution is -2.42. The van der Waals surface area contributed by atoms with Crippen LogP contribution in [-0.4, -0.2) is 52.2 Å². The quantitative estimate of drug-likeness (QED) is 0.534. The molecule has 2 N–H and O–H groups in total. The predicted molar refractivity (Wildman–Crippen MR) is 104 cm³/mol. The van der Waals surface area contributed by atoms with Crippen LogP contribution >= 0.6 is 11.6 Å². The fourth-order valence-electron chi connectivity index (χ4n) is 2.44. The van der Waals surface area contributed by atoms with E-state index >= 15 is 0 Å². The zero-order chi connectivity index (χ0) is 19.2. The summed E-state index contributed by atoms with van der Waals surface area (Å²) in [6, 6.07) is 3.67. The van der Waals surface area contributed by atoms with Gasteiger partial charge in [-0.2, -0.15) is 0 Å². The van der Waals surface area contributed by atoms with E-state index in [4.69, 9.17) is 21.1 Å². The number of aliphatic imine (C=N–C) groups is 1. The van der Waals surface area contributed by atoms with Crippen molar-refractivity contribution in [3.8, 4) is 11.5 Å². The lowest BCUT2D eigenvalue weighted by atomic mass is 10.2. The Morgan fingerprint density at radius 1 is 1.35 bits per heavy atom. The molecule has 1 aliphatic rings. The lowest BCUT2D eigenvalue weighted by Gasteiger charge is -2.20. The lowest BCUT2D eigenvalue weighted by molar-refractivity contribution is 0.171. The Balaban J connectivity index is 2.03. The van der Waals surface area contributed by atoms with Gasteiger partial charge in [-0.15, -0.1) is 0 Å². The first-order chi connectivity index (χ1) is 12.3. The maximum absolute atomic E-state index is 11.3. The van der Waals surface area contributed by atoms with E-state index in [2.05, 4.69) is 15.6 Å². The van der Waals surface area contributed by atoms with Crippen molar-refractivity contribution in [3.63, 3.8) is 0 Å². The van der Waals surface area contributed by atoms with Gasteiger partial charge >= 0.3 is 0 Å². The number of nitrogens with one attached hydrogen (secondary N) is 2. The molecule has 0 fully saturated rings. The smallest absolute Gasteiger partial charge is 0.191 e. The molecule has 1 aromatic carbocycles. The fourth-order valence-corrected chi connectivity index (χ4v) is 3.51. The Labute approximate surface area is 160 Å². The molecule has 1 aromatic rings. The first-order valence-corrected chi connectivity index (χ1v) is 11.0. The minimum Gasteiger partial charge on any atom is -0.486 e. The number of ether oxygens (including phenoxy) is 2. The van der Waals surface area contributed by atoms with Crippen LogP contribution in [0.3, 0.4) is 0 Å². The van der Waals surface area contributed by atoms with E-state index in [0.717, 1.165) is 5.56 Å². The molecule has 0 aliphatic carbocycles. The SMILES string of the molecule is CCNC(=NCc1cc(Cl)c2c(c1)OCCO2)NC(C)CCS(C)(=O)=O. The molecule has 0 bridgehead atoms. The highest BCUT2D eigenvalue weighted by Gasteiger charge is 2.16. The topological polar surface area (TPSA) is 89.0 Å². The summed E-state index contributed by atoms with van der Waals surface area (Å²) in [5.74, 6) is 1.97. The molecule has 0 amide bonds. The Morgan fingerprint density at radius 2 is 2.08 bits per heavy atom. The van der Waals surface area contributed by atoms with Gasteiger partial charge < -0.3 is 20.1 Å². The van der Waals surface area contributed by atoms with Crippen LogP contribution < -0.4 is 20.1 Å². The summed E-state index contributed by atoms with van der Waals surface area (Å²) >= 11 is 6.25. The second-order valence-corrected chi connectivity index (χ2v) is 8.93. The second-order valence-electron chi connectivity index (χ2n) is 6.26. The van der Waals surface area contributed by atoms with Crippen molar-refractivity contribution in [2.75, 3.05) is 31.8 Å². The summed E-state index contributed by atoms with van der Waals surface area (Å²) in [4.78, 5) is 4.55. The monoisotopic (exact) mass is 403 g/mol. The number of hydrogen-bond donors (Lipinski definition) is 2. The van der Waals surface area contributed by atoms with Gasteiger partial charge in [-0.3, -0.25) is 0 Å². The van der Waals surface area contributed by atoms with Crippen LogP contribution in [0.4, 0.5) is 0 Å². The average molecular weight is 404 g/mol. The molecule has 1 unspecified atom stereocenters. The molecule has 1 aliphatic heterocycles. The maximum atomic E-state index is 11.3. The molecule has 0 saturated carbocycles. The summed E-state index contributed by atoms with van der Waals surface area (Å²) in [6.45, 7) is 6.00. The van der Waals surface area contributed by atoms with Crippen molar-refractivity contribution < 1.29 is 17.9 Å². The number of hydrogen-bond acceptors (Lipinski definition) is 5. The number of sulfone groups is 1. The van der Waals surface area contributed by atoms with E-state index in [0.29, 0.717) is 55.2 Å². The Hall–Kier alpha value is -1.67. The van der Waals surface area contributed by atoms with Crippen LogP contribution in [0.15, 0.2) is 17.1 Å². The number of guanidine groups is 1. The molecular weight excluding hydrogens is 378 g/mol. The van der Waals surface area contributed by atoms with E-state index in [1.807, 2.05) is 26.0 Å². The van der Waals surface area contributed by atoms with Crippen LogP contribution in [-0.2, 0) is 16.4 Å². The van der Waals surface area contributed by atoms with Crippen LogP contribution in [0.2, 0.25) is 5.02 Å². The maximum Gasteiger partial charge on any atom is 0.191 e. The van der Waals surface area contributed by atoms with Gasteiger partial charge in [0.25, 0.3) is 0 Å². The van der Waals surface area contributed by atoms with Crippen molar-refractivity contribution in [3.05, 3.63) is 22.7 Å². The molecule has 9 heteroatoms. The van der Waals surface area contributed by atoms with Gasteiger partial charge in [0.15, 0.2) is 17.5 Å². The predicted octanol–water partition coefficient (Wildman–Crippen LogP) is 1.99. The van der Waals surface area contributed by atoms with E-state index in [1.165, 1.54) is 6.26 Å². The Kier molecular flexibility index (Phi) is 7.40. The van der Waals surface area contributed by atoms with E-state index in [9.17, 15) is 8.42 Å². The number of benzene rings is 1. The molecule has 0 saturated heterocycles. The molecule has 26 heavy (non-hydrogen) atoms. The minimum absolute atomic E-state index is 0.0219. The molecular formula is C17H26ClN3O4S. The largest absolute Gasteiger partial charge is 0.486 e. The van der Waals surface area contributed by atoms with Crippen LogP contribution in [0, 0.1) is 0 Å². The van der Waals surface area contributed by atoms with E-state index in [-0.39, 0.29) is 11.8 Å². The Morgan fingerprint density at radius 3 is 2.77 bits per heavy atom. The highest BCUT2D eigenvalue weighted by molar-refractivity contribution is 7.90. The van der Waals surface area contributed by atoms with Crippen molar-refractivity contribution in [1.29, 1.82) is 0 Å². The number of halogens is 1. The minimum atomic E-state index is -2.98. The van der Waals surface area contributed by atoms with Gasteiger partial charge in [-0.1, -0.05) is 11.6 Å². The van der Waals surface area contributed by atoms with Crippen molar-refractivity contribution in [1.82, 2.24) is 10.6 Å². The third-order valence-electron chi connectivity index (χ3n) is 3.73. The molecule has 7 nitrogen and oxygen atoms in total. The van der Waals surface area contributed by atoms with Gasteiger partial charge in [0.1, 0.15) is 23.1 Å². The number of fused-ring (bicyclic) bond motifs is 1. The third kappa shape index (κ3) is 6.57. The van der Waals surface area contributed by atoms with Gasteiger partial charge in [-0.05, 0) is 38.0 Å². The number of rotatable bonds is 7. The molecule has 0 spiro atoms. The molecule has 1 heterocycles. The van der Waals surface area contributed by atoms with E-state index < -0.39 is 9.84 Å². The second kappa shape index (κ2) is 9.32. The van der Waals surface area contributed by atoms with Crippen LogP contribution in [0.25, 0.3) is 0 Å². The molecule has 0 radical (unpaired) electrons. The van der Waals surface area contributed by atoms with Crippen molar-refractivity contribution in [2.24, 2.45) is 4.99 Å². The molecule has 146 valence electrons. The normalized spacial score (nSPS) is 15.5. The summed E-state index contributed by atoms with van der Waals surface area (Å²) in [5.41, 5.74) is 0.903. The summed E-state index contributed by atoms with van der Waals surface area (Å²) in [5, 5.41) is 6.89. The van der Waals surface area contributed by atoms with Crippen molar-refractivity contribution in [2.45, 2.75) is 32.9 Å². The van der Waals surface area contributed by atoms with Gasteiger partial charge in [0.05, 0.1) is 17.3 Å². The van der Waals surface area contributed by atoms with Gasteiger partial charge in [0.2, 0.25) is 0 Å². The summed E-state index contributed by atoms with van der Waals surface area (Å²) < 4.78 is 33.7. The van der Waals surface area contributed by atoms with Gasteiger partial charge in [-0.25, -0.2) is 13.4 Å². The standard InChI is InChI=1S/C17H26ClN3O4S/c1-4-19-17(21-12(2)5-8-26(3,22)23)20-11-13-9-14(18)16-15(10-13)24-6-7-25-16/h9-10,12H,4-8,11H2,1-3H3,(H2,19,20,21). The molecule has 1 atom stereocenters. The average Bonchev–Trinajstić information content (AvgIpc) is 2.57. The first kappa shape index (κ1) is 20.6. The summed E-state index contributed by atoms with van der Waals surface area (Å²) in [6.07, 6.45) is 1.75. The molecule has 0 aromatic heterocycles. The first-order valence-electron chi connectivity index (χ1n) is 8.59. The highest BCUT2D eigenvalue weighted by Crippen LogP contribution is 2.38. The summed E-state index contributed by atoms with van der Waals surface area (Å²) in [7, 11) is -2.98. The third-order valence-corrected chi connectivity index (χ3v) is 4.98. The zero-order valence-corrected chi connectivity index (χ0v) is 16.9. The van der Waals surface area contributed by atoms with Crippen molar-refractivity contribution >= 4 is 27.4 Å². The zero-order valence-electron chi connectivity index (χ0n) is 15.3. The molecule has 2 rings (SSSR count).